The number of aromatic amines is 1. The second kappa shape index (κ2) is 4.85. The van der Waals surface area contributed by atoms with Crippen molar-refractivity contribution in [2.24, 2.45) is 0 Å². The quantitative estimate of drug-likeness (QED) is 0.759. The van der Waals surface area contributed by atoms with Gasteiger partial charge >= 0.3 is 0 Å². The molecule has 5 heteroatoms. The number of hydrogen-bond acceptors (Lipinski definition) is 2. The maximum atomic E-state index is 12.0. The molecule has 0 unspecified atom stereocenters. The van der Waals surface area contributed by atoms with Gasteiger partial charge in [0.05, 0.1) is 0 Å². The first-order valence-electron chi connectivity index (χ1n) is 5.72. The number of aromatic nitrogens is 2. The van der Waals surface area contributed by atoms with Crippen LogP contribution in [-0.2, 0) is 0 Å². The molecule has 19 heavy (non-hydrogen) atoms. The molecule has 94 valence electrons. The summed E-state index contributed by atoms with van der Waals surface area (Å²) in [5.74, 6) is 0.265. The zero-order valence-corrected chi connectivity index (χ0v) is 11.4. The summed E-state index contributed by atoms with van der Waals surface area (Å²) in [5, 5.41) is 4.81. The number of fused-ring (bicyclic) bond motifs is 1. The highest BCUT2D eigenvalue weighted by molar-refractivity contribution is 9.10. The Hall–Kier alpha value is -2.14. The molecule has 1 amide bonds. The molecular formula is C14H10BrN3O. The van der Waals surface area contributed by atoms with Crippen LogP contribution in [0.1, 0.15) is 10.4 Å². The zero-order valence-electron chi connectivity index (χ0n) is 9.85. The second-order valence-electron chi connectivity index (χ2n) is 4.10. The fraction of sp³-hybridized carbons (Fsp3) is 0. The number of halogens is 1. The summed E-state index contributed by atoms with van der Waals surface area (Å²) in [7, 11) is 0. The minimum atomic E-state index is -0.181. The van der Waals surface area contributed by atoms with Gasteiger partial charge in [-0.1, -0.05) is 28.1 Å². The number of hydrogen-bond donors (Lipinski definition) is 2. The predicted molar refractivity (Wildman–Crippen MR) is 78.2 cm³/mol. The van der Waals surface area contributed by atoms with Crippen LogP contribution in [0, 0.1) is 0 Å². The summed E-state index contributed by atoms with van der Waals surface area (Å²) in [6.45, 7) is 0. The smallest absolute Gasteiger partial charge is 0.257 e. The Bertz CT molecular complexity index is 738. The van der Waals surface area contributed by atoms with E-state index in [-0.39, 0.29) is 5.91 Å². The summed E-state index contributed by atoms with van der Waals surface area (Å²) in [6.07, 6.45) is 3.25. The first-order chi connectivity index (χ1) is 9.22. The lowest BCUT2D eigenvalue weighted by Crippen LogP contribution is -2.12. The highest BCUT2D eigenvalue weighted by Gasteiger charge is 2.08. The van der Waals surface area contributed by atoms with Crippen LogP contribution in [0.5, 0.6) is 0 Å². The van der Waals surface area contributed by atoms with Crippen molar-refractivity contribution in [1.29, 1.82) is 0 Å². The van der Waals surface area contributed by atoms with Crippen LogP contribution in [-0.4, -0.2) is 15.9 Å². The topological polar surface area (TPSA) is 57.8 Å². The van der Waals surface area contributed by atoms with Gasteiger partial charge in [-0.3, -0.25) is 10.1 Å². The Labute approximate surface area is 118 Å². The summed E-state index contributed by atoms with van der Waals surface area (Å²) >= 11 is 3.43. The molecule has 1 aromatic heterocycles. The van der Waals surface area contributed by atoms with E-state index in [2.05, 4.69) is 31.2 Å². The van der Waals surface area contributed by atoms with Crippen LogP contribution in [0.25, 0.3) is 10.8 Å². The third-order valence-corrected chi connectivity index (χ3v) is 3.29. The lowest BCUT2D eigenvalue weighted by atomic mass is 10.1. The maximum absolute atomic E-state index is 12.0. The number of rotatable bonds is 2. The average molecular weight is 316 g/mol. The van der Waals surface area contributed by atoms with E-state index in [0.717, 1.165) is 15.2 Å². The number of anilines is 1. The molecule has 0 aliphatic carbocycles. The van der Waals surface area contributed by atoms with Crippen molar-refractivity contribution in [3.63, 3.8) is 0 Å². The van der Waals surface area contributed by atoms with Crippen LogP contribution in [0.2, 0.25) is 0 Å². The second-order valence-corrected chi connectivity index (χ2v) is 5.01. The van der Waals surface area contributed by atoms with Gasteiger partial charge in [0.15, 0.2) is 0 Å². The predicted octanol–water partition coefficient (Wildman–Crippen LogP) is 3.58. The van der Waals surface area contributed by atoms with Crippen molar-refractivity contribution in [3.05, 3.63) is 58.8 Å². The first kappa shape index (κ1) is 11.9. The molecule has 0 aliphatic rings. The van der Waals surface area contributed by atoms with E-state index in [1.165, 1.54) is 0 Å². The average Bonchev–Trinajstić information content (AvgIpc) is 2.91. The highest BCUT2D eigenvalue weighted by atomic mass is 79.9. The van der Waals surface area contributed by atoms with E-state index in [4.69, 9.17) is 0 Å². The molecule has 2 aromatic carbocycles. The molecule has 0 radical (unpaired) electrons. The monoisotopic (exact) mass is 315 g/mol. The van der Waals surface area contributed by atoms with Crippen molar-refractivity contribution in [2.75, 3.05) is 5.32 Å². The van der Waals surface area contributed by atoms with Crippen molar-refractivity contribution in [3.8, 4) is 0 Å². The molecule has 0 fully saturated rings. The minimum absolute atomic E-state index is 0.181. The van der Waals surface area contributed by atoms with E-state index >= 15 is 0 Å². The normalized spacial score (nSPS) is 10.6. The molecule has 2 N–H and O–H groups in total. The Morgan fingerprint density at radius 1 is 1.16 bits per heavy atom. The Morgan fingerprint density at radius 2 is 1.95 bits per heavy atom. The number of nitrogens with one attached hydrogen (secondary N) is 2. The lowest BCUT2D eigenvalue weighted by molar-refractivity contribution is 0.102. The zero-order chi connectivity index (χ0) is 13.2. The third kappa shape index (κ3) is 2.51. The largest absolute Gasteiger partial charge is 0.331 e. The minimum Gasteiger partial charge on any atom is -0.331 e. The van der Waals surface area contributed by atoms with Crippen LogP contribution < -0.4 is 5.32 Å². The Morgan fingerprint density at radius 3 is 2.74 bits per heavy atom. The van der Waals surface area contributed by atoms with Gasteiger partial charge < -0.3 is 4.98 Å². The number of carbonyl (C=O) groups is 1. The fourth-order valence-electron chi connectivity index (χ4n) is 1.87. The molecule has 1 heterocycles. The first-order valence-corrected chi connectivity index (χ1v) is 6.52. The van der Waals surface area contributed by atoms with Gasteiger partial charge in [-0.15, -0.1) is 0 Å². The van der Waals surface area contributed by atoms with Crippen molar-refractivity contribution in [2.45, 2.75) is 0 Å². The molecule has 0 saturated heterocycles. The fourth-order valence-corrected chi connectivity index (χ4v) is 2.25. The Balaban J connectivity index is 1.92. The van der Waals surface area contributed by atoms with Gasteiger partial charge in [0.1, 0.15) is 0 Å². The molecule has 0 spiro atoms. The van der Waals surface area contributed by atoms with Gasteiger partial charge in [-0.25, -0.2) is 4.98 Å². The van der Waals surface area contributed by atoms with Crippen molar-refractivity contribution >= 4 is 38.6 Å². The summed E-state index contributed by atoms with van der Waals surface area (Å²) < 4.78 is 1.02. The molecule has 0 atom stereocenters. The number of amides is 1. The molecule has 4 nitrogen and oxygen atoms in total. The number of benzene rings is 2. The van der Waals surface area contributed by atoms with Crippen LogP contribution in [0.3, 0.4) is 0 Å². The van der Waals surface area contributed by atoms with Crippen LogP contribution in [0.4, 0.5) is 5.95 Å². The lowest BCUT2D eigenvalue weighted by Gasteiger charge is -2.04. The third-order valence-electron chi connectivity index (χ3n) is 2.79. The van der Waals surface area contributed by atoms with Crippen LogP contribution >= 0.6 is 15.9 Å². The molecule has 0 aliphatic heterocycles. The van der Waals surface area contributed by atoms with Gasteiger partial charge in [0.25, 0.3) is 5.91 Å². The summed E-state index contributed by atoms with van der Waals surface area (Å²) in [4.78, 5) is 18.8. The SMILES string of the molecule is O=C(Nc1ncc[nH]1)c1ccc2cc(Br)ccc2c1. The summed E-state index contributed by atoms with van der Waals surface area (Å²) in [6, 6.07) is 11.5. The van der Waals surface area contributed by atoms with E-state index in [9.17, 15) is 4.79 Å². The number of H-pyrrole nitrogens is 1. The van der Waals surface area contributed by atoms with Gasteiger partial charge in [0.2, 0.25) is 5.95 Å². The molecule has 3 aromatic rings. The molecular weight excluding hydrogens is 306 g/mol. The number of nitrogens with zero attached hydrogens (tertiary/aromatic N) is 1. The number of carbonyl (C=O) groups excluding carboxylic acids is 1. The highest BCUT2D eigenvalue weighted by Crippen LogP contribution is 2.21. The van der Waals surface area contributed by atoms with Crippen molar-refractivity contribution in [1.82, 2.24) is 9.97 Å². The molecule has 0 saturated carbocycles. The van der Waals surface area contributed by atoms with Crippen LogP contribution in [0.15, 0.2) is 53.3 Å². The van der Waals surface area contributed by atoms with E-state index in [1.807, 2.05) is 30.3 Å². The Kier molecular flexibility index (Phi) is 3.05. The van der Waals surface area contributed by atoms with E-state index < -0.39 is 0 Å². The molecule has 3 rings (SSSR count). The van der Waals surface area contributed by atoms with Gasteiger partial charge in [-0.2, -0.15) is 0 Å². The standard InChI is InChI=1S/C14H10BrN3O/c15-12-4-3-9-7-11(2-1-10(9)8-12)13(19)18-14-16-5-6-17-14/h1-8H,(H2,16,17,18,19). The maximum Gasteiger partial charge on any atom is 0.257 e. The van der Waals surface area contributed by atoms with Crippen molar-refractivity contribution < 1.29 is 4.79 Å². The van der Waals surface area contributed by atoms with Gasteiger partial charge in [0, 0.05) is 22.4 Å². The van der Waals surface area contributed by atoms with E-state index in [0.29, 0.717) is 11.5 Å². The summed E-state index contributed by atoms with van der Waals surface area (Å²) in [5.41, 5.74) is 0.603. The molecule has 0 bridgehead atoms. The van der Waals surface area contributed by atoms with Gasteiger partial charge in [-0.05, 0) is 35.0 Å². The van der Waals surface area contributed by atoms with E-state index in [1.54, 1.807) is 18.5 Å². The number of imidazole rings is 1.